The number of aliphatic carboxylic acids is 1. The van der Waals surface area contributed by atoms with E-state index in [0.717, 1.165) is 44.3 Å². The fraction of sp³-hybridized carbons (Fsp3) is 0.219. The fourth-order valence-electron chi connectivity index (χ4n) is 5.18. The van der Waals surface area contributed by atoms with Gasteiger partial charge >= 0.3 is 11.6 Å². The number of carbonyl (C=O) groups excluding carboxylic acids is 1. The van der Waals surface area contributed by atoms with E-state index in [-0.39, 0.29) is 19.3 Å². The van der Waals surface area contributed by atoms with Gasteiger partial charge in [-0.2, -0.15) is 0 Å². The van der Waals surface area contributed by atoms with E-state index in [1.54, 1.807) is 0 Å². The number of hydrogen-bond donors (Lipinski definition) is 2. The Kier molecular flexibility index (Phi) is 7.07. The fourth-order valence-corrected chi connectivity index (χ4v) is 5.18. The number of furan rings is 1. The van der Waals surface area contributed by atoms with Crippen molar-refractivity contribution in [1.29, 1.82) is 0 Å². The number of amides is 1. The summed E-state index contributed by atoms with van der Waals surface area (Å²) in [6.07, 6.45) is 0.250. The van der Waals surface area contributed by atoms with Crippen LogP contribution >= 0.6 is 0 Å². The third kappa shape index (κ3) is 5.08. The Morgan fingerprint density at radius 1 is 0.872 bits per heavy atom. The highest BCUT2D eigenvalue weighted by molar-refractivity contribution is 6.05. The van der Waals surface area contributed by atoms with Crippen molar-refractivity contribution in [2.24, 2.45) is 0 Å². The molecule has 2 aromatic heterocycles. The lowest BCUT2D eigenvalue weighted by molar-refractivity contribution is -0.141. The number of carboxylic acid groups (broad SMARTS) is 1. The number of nitrogens with one attached hydrogen (secondary N) is 1. The van der Waals surface area contributed by atoms with Gasteiger partial charge in [0, 0.05) is 40.3 Å². The molecule has 7 heteroatoms. The van der Waals surface area contributed by atoms with E-state index in [9.17, 15) is 19.5 Å². The number of fused-ring (bicyclic) bond motifs is 2. The van der Waals surface area contributed by atoms with Crippen LogP contribution in [0.4, 0.5) is 0 Å². The molecule has 2 heterocycles. The molecule has 5 rings (SSSR count). The smallest absolute Gasteiger partial charge is 0.339 e. The lowest BCUT2D eigenvalue weighted by Crippen LogP contribution is -2.42. The van der Waals surface area contributed by atoms with Crippen molar-refractivity contribution in [3.8, 4) is 11.1 Å². The number of carboxylic acids is 1. The number of benzene rings is 3. The van der Waals surface area contributed by atoms with E-state index in [1.807, 2.05) is 87.5 Å². The van der Waals surface area contributed by atoms with Crippen LogP contribution in [0.3, 0.4) is 0 Å². The lowest BCUT2D eigenvalue weighted by Gasteiger charge is -2.15. The van der Waals surface area contributed by atoms with Crippen LogP contribution < -0.4 is 10.9 Å². The minimum Gasteiger partial charge on any atom is -0.480 e. The molecule has 0 saturated heterocycles. The first-order valence-electron chi connectivity index (χ1n) is 12.8. The molecule has 0 saturated carbocycles. The molecule has 0 unspecified atom stereocenters. The third-order valence-corrected chi connectivity index (χ3v) is 7.21. The monoisotopic (exact) mass is 523 g/mol. The maximum absolute atomic E-state index is 13.0. The molecule has 0 fully saturated rings. The Hall–Kier alpha value is -4.65. The molecule has 0 bridgehead atoms. The SMILES string of the molecule is Cc1oc2c(C)c3oc(=O)c(CCC(=O)N[C@@H](Cc4ccccc4)C(=O)O)c(C)c3cc2c1-c1ccccc1. The van der Waals surface area contributed by atoms with Crippen LogP contribution in [0.2, 0.25) is 0 Å². The normalized spacial score (nSPS) is 12.1. The molecular weight excluding hydrogens is 494 g/mol. The summed E-state index contributed by atoms with van der Waals surface area (Å²) in [4.78, 5) is 37.5. The second-order valence-corrected chi connectivity index (χ2v) is 9.80. The van der Waals surface area contributed by atoms with Crippen LogP contribution in [-0.4, -0.2) is 23.0 Å². The molecule has 0 radical (unpaired) electrons. The maximum atomic E-state index is 13.0. The number of hydrogen-bond acceptors (Lipinski definition) is 5. The summed E-state index contributed by atoms with van der Waals surface area (Å²) in [5, 5.41) is 13.9. The standard InChI is InChI=1S/C32H29NO6/c1-18-23(14-15-27(34)33-26(31(35)36)16-21-10-6-4-7-11-21)32(37)39-29-19(2)30-25(17-24(18)29)28(20(3)38-30)22-12-8-5-9-13-22/h4-13,17,26H,14-16H2,1-3H3,(H,33,34)(H,35,36)/t26-/m0/s1. The minimum atomic E-state index is -1.11. The molecule has 39 heavy (non-hydrogen) atoms. The van der Waals surface area contributed by atoms with Gasteiger partial charge in [0.25, 0.3) is 0 Å². The summed E-state index contributed by atoms with van der Waals surface area (Å²) in [5.74, 6) is -0.784. The summed E-state index contributed by atoms with van der Waals surface area (Å²) in [5.41, 5.74) is 5.31. The van der Waals surface area contributed by atoms with Gasteiger partial charge in [-0.25, -0.2) is 9.59 Å². The van der Waals surface area contributed by atoms with Crippen molar-refractivity contribution >= 4 is 33.8 Å². The molecule has 3 aromatic carbocycles. The van der Waals surface area contributed by atoms with Gasteiger partial charge < -0.3 is 19.3 Å². The van der Waals surface area contributed by atoms with Gasteiger partial charge in [0.15, 0.2) is 0 Å². The van der Waals surface area contributed by atoms with Crippen molar-refractivity contribution in [3.05, 3.63) is 105 Å². The van der Waals surface area contributed by atoms with Gasteiger partial charge in [-0.1, -0.05) is 60.7 Å². The first-order valence-corrected chi connectivity index (χ1v) is 12.8. The van der Waals surface area contributed by atoms with E-state index < -0.39 is 23.5 Å². The summed E-state index contributed by atoms with van der Waals surface area (Å²) < 4.78 is 11.9. The Bertz CT molecular complexity index is 1750. The molecule has 0 aliphatic rings. The second-order valence-electron chi connectivity index (χ2n) is 9.80. The third-order valence-electron chi connectivity index (χ3n) is 7.21. The molecule has 7 nitrogen and oxygen atoms in total. The van der Waals surface area contributed by atoms with E-state index >= 15 is 0 Å². The highest BCUT2D eigenvalue weighted by atomic mass is 16.4. The highest BCUT2D eigenvalue weighted by Gasteiger charge is 2.23. The molecule has 1 atom stereocenters. The van der Waals surface area contributed by atoms with Crippen molar-refractivity contribution in [2.75, 3.05) is 0 Å². The average molecular weight is 524 g/mol. The number of rotatable bonds is 8. The topological polar surface area (TPSA) is 110 Å². The van der Waals surface area contributed by atoms with E-state index in [1.165, 1.54) is 0 Å². The predicted molar refractivity (Wildman–Crippen MR) is 150 cm³/mol. The molecular formula is C32H29NO6. The van der Waals surface area contributed by atoms with Crippen molar-refractivity contribution < 1.29 is 23.5 Å². The first-order chi connectivity index (χ1) is 18.7. The highest BCUT2D eigenvalue weighted by Crippen LogP contribution is 2.39. The van der Waals surface area contributed by atoms with Gasteiger partial charge in [0.1, 0.15) is 23.0 Å². The van der Waals surface area contributed by atoms with Gasteiger partial charge in [0.2, 0.25) is 5.91 Å². The quantitative estimate of drug-likeness (QED) is 0.246. The van der Waals surface area contributed by atoms with Gasteiger partial charge in [-0.15, -0.1) is 0 Å². The van der Waals surface area contributed by atoms with Gasteiger partial charge in [0.05, 0.1) is 0 Å². The molecule has 0 aliphatic carbocycles. The molecule has 5 aromatic rings. The van der Waals surface area contributed by atoms with Crippen molar-refractivity contribution in [2.45, 2.75) is 46.1 Å². The summed E-state index contributed by atoms with van der Waals surface area (Å²) in [6.45, 7) is 5.64. The van der Waals surface area contributed by atoms with Crippen LogP contribution in [0.1, 0.15) is 34.4 Å². The van der Waals surface area contributed by atoms with Gasteiger partial charge in [-0.3, -0.25) is 4.79 Å². The minimum absolute atomic E-state index is 0.0447. The van der Waals surface area contributed by atoms with Crippen molar-refractivity contribution in [1.82, 2.24) is 5.32 Å². The predicted octanol–water partition coefficient (Wildman–Crippen LogP) is 5.88. The second kappa shape index (κ2) is 10.6. The molecule has 0 spiro atoms. The van der Waals surface area contributed by atoms with Crippen LogP contribution in [0.5, 0.6) is 0 Å². The zero-order chi connectivity index (χ0) is 27.7. The first kappa shape index (κ1) is 26.0. The van der Waals surface area contributed by atoms with Crippen LogP contribution in [0, 0.1) is 20.8 Å². The van der Waals surface area contributed by atoms with Crippen LogP contribution in [-0.2, 0) is 22.4 Å². The summed E-state index contributed by atoms with van der Waals surface area (Å²) in [6, 6.07) is 20.0. The summed E-state index contributed by atoms with van der Waals surface area (Å²) >= 11 is 0. The van der Waals surface area contributed by atoms with Crippen molar-refractivity contribution in [3.63, 3.8) is 0 Å². The molecule has 2 N–H and O–H groups in total. The Balaban J connectivity index is 1.45. The largest absolute Gasteiger partial charge is 0.480 e. The number of carbonyl (C=O) groups is 2. The average Bonchev–Trinajstić information content (AvgIpc) is 3.26. The Labute approximate surface area is 225 Å². The maximum Gasteiger partial charge on any atom is 0.339 e. The van der Waals surface area contributed by atoms with Crippen LogP contribution in [0.25, 0.3) is 33.1 Å². The van der Waals surface area contributed by atoms with E-state index in [4.69, 9.17) is 8.83 Å². The van der Waals surface area contributed by atoms with Gasteiger partial charge in [-0.05, 0) is 49.9 Å². The van der Waals surface area contributed by atoms with Crippen LogP contribution in [0.15, 0.2) is 80.4 Å². The molecule has 198 valence electrons. The number of aryl methyl sites for hydroxylation is 3. The zero-order valence-corrected chi connectivity index (χ0v) is 22.0. The van der Waals surface area contributed by atoms with E-state index in [0.29, 0.717) is 16.7 Å². The van der Waals surface area contributed by atoms with E-state index in [2.05, 4.69) is 5.32 Å². The lowest BCUT2D eigenvalue weighted by atomic mass is 9.96. The summed E-state index contributed by atoms with van der Waals surface area (Å²) in [7, 11) is 0. The zero-order valence-electron chi connectivity index (χ0n) is 22.0. The Morgan fingerprint density at radius 3 is 2.18 bits per heavy atom. The molecule has 1 amide bonds. The molecule has 0 aliphatic heterocycles. The Morgan fingerprint density at radius 2 is 1.51 bits per heavy atom.